The SMILES string of the molecule is CCn1c2ccccc2c2ccc(N(C(=O)CN3C(=O)c4ccccc4S3(=O)=O)[C@H](C(=O)NC3CCCC3)c3ccc(O)c(O)c3)cc21. The molecule has 246 valence electrons. The van der Waals surface area contributed by atoms with E-state index >= 15 is 0 Å². The van der Waals surface area contributed by atoms with Gasteiger partial charge in [-0.15, -0.1) is 0 Å². The van der Waals surface area contributed by atoms with E-state index in [1.165, 1.54) is 41.3 Å². The van der Waals surface area contributed by atoms with Gasteiger partial charge in [0.15, 0.2) is 11.5 Å². The number of hydrogen-bond donors (Lipinski definition) is 3. The van der Waals surface area contributed by atoms with Gasteiger partial charge in [-0.05, 0) is 67.8 Å². The Hall–Kier alpha value is -5.36. The molecule has 1 aliphatic carbocycles. The molecule has 5 aromatic rings. The molecule has 4 aromatic carbocycles. The lowest BCUT2D eigenvalue weighted by Gasteiger charge is -2.33. The quantitative estimate of drug-likeness (QED) is 0.193. The molecule has 48 heavy (non-hydrogen) atoms. The number of hydrogen-bond acceptors (Lipinski definition) is 7. The molecule has 0 unspecified atom stereocenters. The molecule has 0 saturated heterocycles. The van der Waals surface area contributed by atoms with Gasteiger partial charge in [-0.2, -0.15) is 0 Å². The molecule has 0 spiro atoms. The second-order valence-electron chi connectivity index (χ2n) is 12.2. The Morgan fingerprint density at radius 3 is 2.33 bits per heavy atom. The Morgan fingerprint density at radius 2 is 1.60 bits per heavy atom. The predicted molar refractivity (Wildman–Crippen MR) is 180 cm³/mol. The van der Waals surface area contributed by atoms with Crippen molar-refractivity contribution in [3.63, 3.8) is 0 Å². The van der Waals surface area contributed by atoms with Gasteiger partial charge in [0, 0.05) is 34.6 Å². The number of fused-ring (bicyclic) bond motifs is 4. The third-order valence-corrected chi connectivity index (χ3v) is 11.1. The molecular formula is C36H34N4O7S. The largest absolute Gasteiger partial charge is 0.504 e. The summed E-state index contributed by atoms with van der Waals surface area (Å²) in [6.07, 6.45) is 3.39. The van der Waals surface area contributed by atoms with Crippen LogP contribution < -0.4 is 10.2 Å². The van der Waals surface area contributed by atoms with Crippen LogP contribution in [0.3, 0.4) is 0 Å². The van der Waals surface area contributed by atoms with E-state index in [-0.39, 0.29) is 27.8 Å². The first-order valence-electron chi connectivity index (χ1n) is 15.9. The third kappa shape index (κ3) is 5.12. The van der Waals surface area contributed by atoms with Crippen LogP contribution in [-0.4, -0.2) is 57.8 Å². The predicted octanol–water partition coefficient (Wildman–Crippen LogP) is 5.20. The number of benzene rings is 4. The molecule has 7 rings (SSSR count). The number of nitrogens with one attached hydrogen (secondary N) is 1. The maximum absolute atomic E-state index is 14.6. The lowest BCUT2D eigenvalue weighted by Crippen LogP contribution is -2.49. The van der Waals surface area contributed by atoms with Crippen molar-refractivity contribution in [2.75, 3.05) is 11.4 Å². The Morgan fingerprint density at radius 1 is 0.896 bits per heavy atom. The fourth-order valence-electron chi connectivity index (χ4n) is 7.03. The lowest BCUT2D eigenvalue weighted by molar-refractivity contribution is -0.127. The van der Waals surface area contributed by atoms with Crippen LogP contribution in [0.5, 0.6) is 11.5 Å². The summed E-state index contributed by atoms with van der Waals surface area (Å²) in [5.41, 5.74) is 2.20. The number of carbonyl (C=O) groups excluding carboxylic acids is 3. The zero-order valence-electron chi connectivity index (χ0n) is 26.2. The molecule has 1 aliphatic heterocycles. The first-order valence-corrected chi connectivity index (χ1v) is 17.4. The number of nitrogens with zero attached hydrogens (tertiary/aromatic N) is 3. The summed E-state index contributed by atoms with van der Waals surface area (Å²) in [6.45, 7) is 1.74. The summed E-state index contributed by atoms with van der Waals surface area (Å²) < 4.78 is 29.7. The van der Waals surface area contributed by atoms with Crippen molar-refractivity contribution in [3.05, 3.63) is 96.1 Å². The van der Waals surface area contributed by atoms with E-state index in [2.05, 4.69) is 9.88 Å². The second kappa shape index (κ2) is 12.0. The van der Waals surface area contributed by atoms with Crippen molar-refractivity contribution in [1.82, 2.24) is 14.2 Å². The smallest absolute Gasteiger partial charge is 0.269 e. The first kappa shape index (κ1) is 31.3. The Balaban J connectivity index is 1.40. The number of amides is 3. The Kier molecular flexibility index (Phi) is 7.83. The molecule has 2 aliphatic rings. The summed E-state index contributed by atoms with van der Waals surface area (Å²) >= 11 is 0. The number of aryl methyl sites for hydroxylation is 1. The molecule has 12 heteroatoms. The van der Waals surface area contributed by atoms with E-state index in [1.54, 1.807) is 18.2 Å². The average Bonchev–Trinajstić information content (AvgIpc) is 3.76. The molecule has 1 aromatic heterocycles. The van der Waals surface area contributed by atoms with Crippen LogP contribution in [0, 0.1) is 0 Å². The van der Waals surface area contributed by atoms with Crippen molar-refractivity contribution >= 4 is 55.2 Å². The van der Waals surface area contributed by atoms with E-state index in [0.29, 0.717) is 10.8 Å². The van der Waals surface area contributed by atoms with Crippen LogP contribution in [-0.2, 0) is 26.2 Å². The number of rotatable bonds is 8. The van der Waals surface area contributed by atoms with Crippen LogP contribution in [0.1, 0.15) is 54.6 Å². The van der Waals surface area contributed by atoms with Crippen LogP contribution in [0.4, 0.5) is 5.69 Å². The molecule has 3 amide bonds. The summed E-state index contributed by atoms with van der Waals surface area (Å²) in [4.78, 5) is 43.3. The molecule has 1 saturated carbocycles. The van der Waals surface area contributed by atoms with E-state index in [1.807, 2.05) is 37.3 Å². The van der Waals surface area contributed by atoms with Gasteiger partial charge in [-0.1, -0.05) is 55.3 Å². The summed E-state index contributed by atoms with van der Waals surface area (Å²) in [7, 11) is -4.35. The molecule has 1 atom stereocenters. The lowest BCUT2D eigenvalue weighted by atomic mass is 10.0. The van der Waals surface area contributed by atoms with E-state index < -0.39 is 51.8 Å². The number of aromatic hydroxyl groups is 2. The molecular weight excluding hydrogens is 632 g/mol. The maximum atomic E-state index is 14.6. The van der Waals surface area contributed by atoms with Gasteiger partial charge in [0.05, 0.1) is 11.1 Å². The van der Waals surface area contributed by atoms with E-state index in [4.69, 9.17) is 0 Å². The summed E-state index contributed by atoms with van der Waals surface area (Å²) in [5.74, 6) is -3.12. The molecule has 11 nitrogen and oxygen atoms in total. The Bertz CT molecular complexity index is 2220. The zero-order chi connectivity index (χ0) is 33.7. The van der Waals surface area contributed by atoms with Gasteiger partial charge in [0.1, 0.15) is 17.5 Å². The van der Waals surface area contributed by atoms with Gasteiger partial charge in [0.25, 0.3) is 15.9 Å². The minimum absolute atomic E-state index is 0.0373. The van der Waals surface area contributed by atoms with Crippen molar-refractivity contribution in [2.24, 2.45) is 0 Å². The highest BCUT2D eigenvalue weighted by atomic mass is 32.2. The second-order valence-corrected chi connectivity index (χ2v) is 14.0. The number of aromatic nitrogens is 1. The number of sulfonamides is 1. The summed E-state index contributed by atoms with van der Waals surface area (Å²) in [6, 6.07) is 21.3. The van der Waals surface area contributed by atoms with Crippen molar-refractivity contribution < 1.29 is 33.0 Å². The minimum Gasteiger partial charge on any atom is -0.504 e. The van der Waals surface area contributed by atoms with Crippen molar-refractivity contribution in [1.29, 1.82) is 0 Å². The topological polar surface area (TPSA) is 149 Å². The van der Waals surface area contributed by atoms with E-state index in [9.17, 15) is 33.0 Å². The van der Waals surface area contributed by atoms with Crippen LogP contribution in [0.2, 0.25) is 0 Å². The summed E-state index contributed by atoms with van der Waals surface area (Å²) in [5, 5.41) is 25.6. The van der Waals surface area contributed by atoms with Gasteiger partial charge in [-0.25, -0.2) is 12.7 Å². The van der Waals surface area contributed by atoms with Gasteiger partial charge >= 0.3 is 0 Å². The van der Waals surface area contributed by atoms with Gasteiger partial charge in [0.2, 0.25) is 11.8 Å². The monoisotopic (exact) mass is 666 g/mol. The number of phenolic OH excluding ortho intramolecular Hbond substituents is 2. The molecule has 0 bridgehead atoms. The highest BCUT2D eigenvalue weighted by Crippen LogP contribution is 2.38. The maximum Gasteiger partial charge on any atom is 0.269 e. The molecule has 0 radical (unpaired) electrons. The molecule has 1 fully saturated rings. The standard InChI is InChI=1S/C36H34N4O7S/c1-2-38-28-13-7-5-11-25(28)26-17-16-24(20-29(26)38)40(33(43)21-39-36(45)27-12-6-8-14-32(27)48(39,46)47)34(22-15-18-30(41)31(42)19-22)35(44)37-23-9-3-4-10-23/h5-8,11-20,23,34,41-42H,2-4,9-10,21H2,1H3,(H,37,44)/t34-/m0/s1. The normalized spacial score (nSPS) is 16.4. The zero-order valence-corrected chi connectivity index (χ0v) is 27.0. The fraction of sp³-hybridized carbons (Fsp3) is 0.250. The number of phenols is 2. The number of para-hydroxylation sites is 1. The van der Waals surface area contributed by atoms with Crippen LogP contribution in [0.25, 0.3) is 21.8 Å². The van der Waals surface area contributed by atoms with E-state index in [0.717, 1.165) is 47.5 Å². The highest BCUT2D eigenvalue weighted by Gasteiger charge is 2.44. The minimum atomic E-state index is -4.35. The highest BCUT2D eigenvalue weighted by molar-refractivity contribution is 7.90. The van der Waals surface area contributed by atoms with Gasteiger partial charge < -0.3 is 20.1 Å². The average molecular weight is 667 g/mol. The van der Waals surface area contributed by atoms with Gasteiger partial charge in [-0.3, -0.25) is 19.3 Å². The fourth-order valence-corrected chi connectivity index (χ4v) is 8.55. The van der Waals surface area contributed by atoms with Crippen molar-refractivity contribution in [3.8, 4) is 11.5 Å². The third-order valence-electron chi connectivity index (χ3n) is 9.33. The van der Waals surface area contributed by atoms with Crippen LogP contribution >= 0.6 is 0 Å². The number of carbonyl (C=O) groups is 3. The van der Waals surface area contributed by atoms with Crippen LogP contribution in [0.15, 0.2) is 89.8 Å². The Labute approximate surface area is 277 Å². The molecule has 2 heterocycles. The first-order chi connectivity index (χ1) is 23.1. The van der Waals surface area contributed by atoms with Crippen molar-refractivity contribution in [2.45, 2.75) is 56.1 Å². The molecule has 3 N–H and O–H groups in total. The number of anilines is 1.